The third kappa shape index (κ3) is 2.62. The molecule has 0 atom stereocenters. The van der Waals surface area contributed by atoms with Crippen LogP contribution in [0, 0.1) is 5.82 Å². The quantitative estimate of drug-likeness (QED) is 0.430. The van der Waals surface area contributed by atoms with Gasteiger partial charge in [0, 0.05) is 23.1 Å². The van der Waals surface area contributed by atoms with Crippen LogP contribution in [0.5, 0.6) is 11.5 Å². The van der Waals surface area contributed by atoms with Crippen LogP contribution in [0.15, 0.2) is 72.8 Å². The molecular weight excluding hydrogens is 353 g/mol. The number of phenolic OH excluding ortho intramolecular Hbond substituents is 2. The van der Waals surface area contributed by atoms with E-state index in [0.717, 1.165) is 44.8 Å². The molecule has 0 spiro atoms. The molecule has 0 amide bonds. The standard InChI is InChI=1S/C24H16FNO2/c25-16-8-4-15(5-9-16)22-13-19(14-6-10-17(27)11-7-14)21-12-20-18(24(21)26-22)2-1-3-23(20)28/h1-11,13,27-28H,12H2. The molecule has 0 saturated heterocycles. The van der Waals surface area contributed by atoms with Gasteiger partial charge in [-0.1, -0.05) is 24.3 Å². The monoisotopic (exact) mass is 369 g/mol. The fraction of sp³-hybridized carbons (Fsp3) is 0.0417. The lowest BCUT2D eigenvalue weighted by atomic mass is 9.96. The molecule has 4 aromatic rings. The van der Waals surface area contributed by atoms with E-state index in [1.807, 2.05) is 30.3 Å². The molecule has 4 heteroatoms. The minimum Gasteiger partial charge on any atom is -0.508 e. The zero-order valence-corrected chi connectivity index (χ0v) is 14.9. The van der Waals surface area contributed by atoms with E-state index in [-0.39, 0.29) is 17.3 Å². The summed E-state index contributed by atoms with van der Waals surface area (Å²) >= 11 is 0. The van der Waals surface area contributed by atoms with Gasteiger partial charge in [0.1, 0.15) is 17.3 Å². The van der Waals surface area contributed by atoms with E-state index in [4.69, 9.17) is 4.98 Å². The first-order valence-electron chi connectivity index (χ1n) is 9.00. The highest BCUT2D eigenvalue weighted by atomic mass is 19.1. The molecule has 2 N–H and O–H groups in total. The van der Waals surface area contributed by atoms with Crippen LogP contribution in [0.2, 0.25) is 0 Å². The molecule has 0 radical (unpaired) electrons. The predicted molar refractivity (Wildman–Crippen MR) is 107 cm³/mol. The molecule has 1 aliphatic carbocycles. The molecule has 28 heavy (non-hydrogen) atoms. The zero-order chi connectivity index (χ0) is 19.3. The Kier molecular flexibility index (Phi) is 3.66. The average molecular weight is 369 g/mol. The Morgan fingerprint density at radius 2 is 1.46 bits per heavy atom. The van der Waals surface area contributed by atoms with E-state index in [1.54, 1.807) is 30.3 Å². The number of benzene rings is 3. The molecule has 1 heterocycles. The third-order valence-corrected chi connectivity index (χ3v) is 5.20. The maximum atomic E-state index is 13.4. The largest absolute Gasteiger partial charge is 0.508 e. The maximum absolute atomic E-state index is 13.4. The highest BCUT2D eigenvalue weighted by molar-refractivity contribution is 5.86. The van der Waals surface area contributed by atoms with Crippen molar-refractivity contribution < 1.29 is 14.6 Å². The summed E-state index contributed by atoms with van der Waals surface area (Å²) in [6.07, 6.45) is 0.588. The van der Waals surface area contributed by atoms with Crippen molar-refractivity contribution in [2.75, 3.05) is 0 Å². The lowest BCUT2D eigenvalue weighted by Crippen LogP contribution is -1.94. The molecule has 1 aliphatic rings. The average Bonchev–Trinajstić information content (AvgIpc) is 3.09. The van der Waals surface area contributed by atoms with Crippen LogP contribution in [-0.4, -0.2) is 15.2 Å². The van der Waals surface area contributed by atoms with Crippen LogP contribution >= 0.6 is 0 Å². The number of aromatic hydroxyl groups is 2. The lowest BCUT2D eigenvalue weighted by Gasteiger charge is -2.12. The van der Waals surface area contributed by atoms with Gasteiger partial charge in [-0.3, -0.25) is 0 Å². The van der Waals surface area contributed by atoms with Gasteiger partial charge in [0.2, 0.25) is 0 Å². The van der Waals surface area contributed by atoms with Crippen molar-refractivity contribution in [3.05, 3.63) is 89.7 Å². The van der Waals surface area contributed by atoms with Crippen LogP contribution in [-0.2, 0) is 6.42 Å². The number of phenols is 2. The molecule has 0 saturated carbocycles. The molecule has 0 unspecified atom stereocenters. The summed E-state index contributed by atoms with van der Waals surface area (Å²) in [5, 5.41) is 20.0. The lowest BCUT2D eigenvalue weighted by molar-refractivity contribution is 0.470. The molecular formula is C24H16FNO2. The number of pyridine rings is 1. The molecule has 0 bridgehead atoms. The van der Waals surface area contributed by atoms with Gasteiger partial charge in [0.25, 0.3) is 0 Å². The van der Waals surface area contributed by atoms with Crippen LogP contribution < -0.4 is 0 Å². The molecule has 3 nitrogen and oxygen atoms in total. The van der Waals surface area contributed by atoms with Crippen molar-refractivity contribution in [3.8, 4) is 45.1 Å². The Bertz CT molecular complexity index is 1200. The SMILES string of the molecule is Oc1ccc(-c2cc(-c3ccc(F)cc3)nc3c2Cc2c(O)cccc2-3)cc1. The second-order valence-electron chi connectivity index (χ2n) is 6.92. The van der Waals surface area contributed by atoms with Gasteiger partial charge in [-0.2, -0.15) is 0 Å². The number of aromatic nitrogens is 1. The van der Waals surface area contributed by atoms with Crippen LogP contribution in [0.1, 0.15) is 11.1 Å². The van der Waals surface area contributed by atoms with Gasteiger partial charge in [-0.25, -0.2) is 9.37 Å². The number of fused-ring (bicyclic) bond motifs is 3. The first-order valence-corrected chi connectivity index (χ1v) is 9.00. The Morgan fingerprint density at radius 1 is 0.750 bits per heavy atom. The Morgan fingerprint density at radius 3 is 2.21 bits per heavy atom. The fourth-order valence-corrected chi connectivity index (χ4v) is 3.80. The van der Waals surface area contributed by atoms with Crippen LogP contribution in [0.4, 0.5) is 4.39 Å². The molecule has 1 aromatic heterocycles. The number of hydrogen-bond acceptors (Lipinski definition) is 3. The number of hydrogen-bond donors (Lipinski definition) is 2. The van der Waals surface area contributed by atoms with Crippen LogP contribution in [0.25, 0.3) is 33.6 Å². The molecule has 5 rings (SSSR count). The Labute approximate surface area is 161 Å². The predicted octanol–water partition coefficient (Wildman–Crippen LogP) is 5.54. The maximum Gasteiger partial charge on any atom is 0.123 e. The Balaban J connectivity index is 1.77. The number of nitrogens with zero attached hydrogens (tertiary/aromatic N) is 1. The topological polar surface area (TPSA) is 53.4 Å². The highest BCUT2D eigenvalue weighted by Crippen LogP contribution is 2.45. The highest BCUT2D eigenvalue weighted by Gasteiger charge is 2.26. The van der Waals surface area contributed by atoms with Gasteiger partial charge < -0.3 is 10.2 Å². The summed E-state index contributed by atoms with van der Waals surface area (Å²) in [5.41, 5.74) is 7.13. The minimum atomic E-state index is -0.293. The van der Waals surface area contributed by atoms with Gasteiger partial charge >= 0.3 is 0 Å². The minimum absolute atomic E-state index is 0.203. The van der Waals surface area contributed by atoms with E-state index >= 15 is 0 Å². The first kappa shape index (κ1) is 16.5. The van der Waals surface area contributed by atoms with E-state index < -0.39 is 0 Å². The number of halogens is 1. The number of rotatable bonds is 2. The van der Waals surface area contributed by atoms with Crippen molar-refractivity contribution in [1.29, 1.82) is 0 Å². The Hall–Kier alpha value is -3.66. The van der Waals surface area contributed by atoms with Gasteiger partial charge in [-0.15, -0.1) is 0 Å². The summed E-state index contributed by atoms with van der Waals surface area (Å²) in [4.78, 5) is 4.86. The van der Waals surface area contributed by atoms with Crippen molar-refractivity contribution >= 4 is 0 Å². The molecule has 0 aliphatic heterocycles. The van der Waals surface area contributed by atoms with E-state index in [0.29, 0.717) is 6.42 Å². The van der Waals surface area contributed by atoms with Gasteiger partial charge in [-0.05, 0) is 65.2 Å². The zero-order valence-electron chi connectivity index (χ0n) is 14.9. The molecule has 136 valence electrons. The second kappa shape index (κ2) is 6.20. The van der Waals surface area contributed by atoms with E-state index in [2.05, 4.69) is 0 Å². The van der Waals surface area contributed by atoms with Crippen LogP contribution in [0.3, 0.4) is 0 Å². The normalized spacial score (nSPS) is 11.9. The molecule has 3 aromatic carbocycles. The summed E-state index contributed by atoms with van der Waals surface area (Å²) in [6.45, 7) is 0. The van der Waals surface area contributed by atoms with Gasteiger partial charge in [0.05, 0.1) is 11.4 Å². The fourth-order valence-electron chi connectivity index (χ4n) is 3.80. The third-order valence-electron chi connectivity index (χ3n) is 5.20. The van der Waals surface area contributed by atoms with Crippen molar-refractivity contribution in [2.24, 2.45) is 0 Å². The summed E-state index contributed by atoms with van der Waals surface area (Å²) in [7, 11) is 0. The molecule has 0 fully saturated rings. The van der Waals surface area contributed by atoms with Crippen molar-refractivity contribution in [1.82, 2.24) is 4.98 Å². The summed E-state index contributed by atoms with van der Waals surface area (Å²) in [6, 6.07) is 20.7. The summed E-state index contributed by atoms with van der Waals surface area (Å²) in [5.74, 6) is 0.170. The van der Waals surface area contributed by atoms with Gasteiger partial charge in [0.15, 0.2) is 0 Å². The van der Waals surface area contributed by atoms with Crippen molar-refractivity contribution in [2.45, 2.75) is 6.42 Å². The summed E-state index contributed by atoms with van der Waals surface area (Å²) < 4.78 is 13.4. The van der Waals surface area contributed by atoms with E-state index in [9.17, 15) is 14.6 Å². The van der Waals surface area contributed by atoms with E-state index in [1.165, 1.54) is 12.1 Å². The smallest absolute Gasteiger partial charge is 0.123 e. The van der Waals surface area contributed by atoms with Crippen molar-refractivity contribution in [3.63, 3.8) is 0 Å². The second-order valence-corrected chi connectivity index (χ2v) is 6.92. The first-order chi connectivity index (χ1) is 13.6.